The van der Waals surface area contributed by atoms with Gasteiger partial charge in [-0.3, -0.25) is 0 Å². The zero-order valence-corrected chi connectivity index (χ0v) is 13.6. The van der Waals surface area contributed by atoms with Gasteiger partial charge in [0.25, 0.3) is 0 Å². The van der Waals surface area contributed by atoms with Gasteiger partial charge in [-0.1, -0.05) is 0 Å². The Morgan fingerprint density at radius 2 is 2.12 bits per heavy atom. The summed E-state index contributed by atoms with van der Waals surface area (Å²) in [5.74, 6) is -0.239. The Morgan fingerprint density at radius 3 is 2.92 bits per heavy atom. The summed E-state index contributed by atoms with van der Waals surface area (Å²) in [5.41, 5.74) is 1.84. The zero-order valence-electron chi connectivity index (χ0n) is 13.6. The zero-order chi connectivity index (χ0) is 16.4. The second-order valence-electron chi connectivity index (χ2n) is 6.62. The van der Waals surface area contributed by atoms with Gasteiger partial charge in [0.2, 0.25) is 0 Å². The number of benzene rings is 1. The van der Waals surface area contributed by atoms with Crippen molar-refractivity contribution in [2.45, 2.75) is 37.5 Å². The molecule has 2 fully saturated rings. The van der Waals surface area contributed by atoms with Crippen molar-refractivity contribution >= 4 is 0 Å². The lowest BCUT2D eigenvalue weighted by Crippen LogP contribution is -2.47. The molecule has 6 heteroatoms. The van der Waals surface area contributed by atoms with E-state index in [1.807, 2.05) is 10.7 Å². The fourth-order valence-electron chi connectivity index (χ4n) is 3.59. The third-order valence-electron chi connectivity index (χ3n) is 4.92. The molecule has 1 N–H and O–H groups in total. The molecule has 1 aromatic carbocycles. The first-order valence-electron chi connectivity index (χ1n) is 8.48. The van der Waals surface area contributed by atoms with Crippen LogP contribution in [0.5, 0.6) is 0 Å². The van der Waals surface area contributed by atoms with Crippen LogP contribution in [0.2, 0.25) is 0 Å². The summed E-state index contributed by atoms with van der Waals surface area (Å²) in [6.45, 7) is 3.00. The highest BCUT2D eigenvalue weighted by molar-refractivity contribution is 5.32. The normalized spacial score (nSPS) is 27.0. The van der Waals surface area contributed by atoms with E-state index in [-0.39, 0.29) is 11.4 Å². The molecule has 2 aliphatic rings. The van der Waals surface area contributed by atoms with E-state index in [2.05, 4.69) is 10.4 Å². The predicted octanol–water partition coefficient (Wildman–Crippen LogP) is 2.44. The summed E-state index contributed by atoms with van der Waals surface area (Å²) in [4.78, 5) is 0. The van der Waals surface area contributed by atoms with Gasteiger partial charge in [-0.15, -0.1) is 0 Å². The van der Waals surface area contributed by atoms with Gasteiger partial charge in [0.05, 0.1) is 23.6 Å². The number of halogens is 1. The van der Waals surface area contributed by atoms with Crippen molar-refractivity contribution in [1.82, 2.24) is 15.1 Å². The highest BCUT2D eigenvalue weighted by Gasteiger charge is 2.40. The van der Waals surface area contributed by atoms with Gasteiger partial charge in [0.15, 0.2) is 0 Å². The van der Waals surface area contributed by atoms with E-state index in [0.29, 0.717) is 12.6 Å². The first-order chi connectivity index (χ1) is 11.7. The molecule has 4 rings (SSSR count). The van der Waals surface area contributed by atoms with Gasteiger partial charge >= 0.3 is 0 Å². The molecule has 0 bridgehead atoms. The Bertz CT molecular complexity index is 680. The molecule has 3 heterocycles. The number of nitrogens with zero attached hydrogens (tertiary/aromatic N) is 2. The van der Waals surface area contributed by atoms with Crippen molar-refractivity contribution < 1.29 is 13.9 Å². The van der Waals surface area contributed by atoms with E-state index in [4.69, 9.17) is 9.47 Å². The van der Waals surface area contributed by atoms with Crippen LogP contribution in [0.15, 0.2) is 36.5 Å². The molecule has 0 saturated carbocycles. The average molecular weight is 331 g/mol. The number of hydrogen-bond acceptors (Lipinski definition) is 4. The highest BCUT2D eigenvalue weighted by atomic mass is 19.1. The first-order valence-corrected chi connectivity index (χ1v) is 8.48. The molecule has 2 atom stereocenters. The van der Waals surface area contributed by atoms with Crippen LogP contribution >= 0.6 is 0 Å². The minimum absolute atomic E-state index is 0.0902. The number of rotatable bonds is 4. The third kappa shape index (κ3) is 3.22. The summed E-state index contributed by atoms with van der Waals surface area (Å²) >= 11 is 0. The molecule has 24 heavy (non-hydrogen) atoms. The van der Waals surface area contributed by atoms with E-state index in [1.54, 1.807) is 18.3 Å². The molecule has 0 radical (unpaired) electrons. The van der Waals surface area contributed by atoms with Crippen molar-refractivity contribution in [2.24, 2.45) is 0 Å². The molecule has 0 amide bonds. The second kappa shape index (κ2) is 6.63. The van der Waals surface area contributed by atoms with Crippen LogP contribution in [-0.4, -0.2) is 41.2 Å². The quantitative estimate of drug-likeness (QED) is 0.935. The topological polar surface area (TPSA) is 48.3 Å². The number of ether oxygens (including phenoxy) is 2. The Balaban J connectivity index is 1.41. The number of hydrogen-bond donors (Lipinski definition) is 1. The number of aromatic nitrogens is 2. The Hall–Kier alpha value is -1.76. The Kier molecular flexibility index (Phi) is 4.35. The molecule has 0 aliphatic carbocycles. The minimum atomic E-state index is -0.239. The molecular formula is C18H22FN3O2. The second-order valence-corrected chi connectivity index (χ2v) is 6.62. The van der Waals surface area contributed by atoms with Crippen molar-refractivity contribution in [3.05, 3.63) is 48.0 Å². The molecule has 5 nitrogen and oxygen atoms in total. The molecule has 2 aliphatic heterocycles. The van der Waals surface area contributed by atoms with Gasteiger partial charge in [-0.05, 0) is 43.2 Å². The fourth-order valence-corrected chi connectivity index (χ4v) is 3.59. The Morgan fingerprint density at radius 1 is 1.25 bits per heavy atom. The van der Waals surface area contributed by atoms with E-state index in [1.165, 1.54) is 12.1 Å². The minimum Gasteiger partial charge on any atom is -0.378 e. The van der Waals surface area contributed by atoms with Crippen LogP contribution in [0.1, 0.15) is 25.0 Å². The maximum absolute atomic E-state index is 13.1. The molecule has 0 unspecified atom stereocenters. The largest absolute Gasteiger partial charge is 0.378 e. The number of nitrogens with one attached hydrogen (secondary N) is 1. The SMILES string of the molecule is Fc1ccc(-n2nccc2CN[C@H]2CCO[C@]3(CCOC3)C2)cc1. The van der Waals surface area contributed by atoms with Gasteiger partial charge in [0.1, 0.15) is 5.82 Å². The molecule has 128 valence electrons. The van der Waals surface area contributed by atoms with E-state index in [0.717, 1.165) is 50.4 Å². The van der Waals surface area contributed by atoms with Crippen LogP contribution in [-0.2, 0) is 16.0 Å². The monoisotopic (exact) mass is 331 g/mol. The predicted molar refractivity (Wildman–Crippen MR) is 87.5 cm³/mol. The maximum Gasteiger partial charge on any atom is 0.123 e. The van der Waals surface area contributed by atoms with Gasteiger partial charge in [0, 0.05) is 38.4 Å². The summed E-state index contributed by atoms with van der Waals surface area (Å²) in [5, 5.41) is 7.99. The van der Waals surface area contributed by atoms with E-state index >= 15 is 0 Å². The lowest BCUT2D eigenvalue weighted by atomic mass is 9.89. The molecule has 2 aromatic rings. The van der Waals surface area contributed by atoms with Crippen LogP contribution in [0.25, 0.3) is 5.69 Å². The summed E-state index contributed by atoms with van der Waals surface area (Å²) in [6.07, 6.45) is 4.75. The standard InChI is InChI=1S/C18H22FN3O2/c19-14-1-3-16(4-2-14)22-17(5-8-21-22)12-20-15-6-9-24-18(11-15)7-10-23-13-18/h1-5,8,15,20H,6-7,9-13H2/t15-,18+/m0/s1. The van der Waals surface area contributed by atoms with Crippen molar-refractivity contribution in [2.75, 3.05) is 19.8 Å². The van der Waals surface area contributed by atoms with Crippen LogP contribution in [0.3, 0.4) is 0 Å². The van der Waals surface area contributed by atoms with Gasteiger partial charge in [-0.25, -0.2) is 9.07 Å². The van der Waals surface area contributed by atoms with Gasteiger partial charge in [-0.2, -0.15) is 5.10 Å². The lowest BCUT2D eigenvalue weighted by Gasteiger charge is -2.37. The van der Waals surface area contributed by atoms with Crippen molar-refractivity contribution in [1.29, 1.82) is 0 Å². The molecule has 2 saturated heterocycles. The van der Waals surface area contributed by atoms with Crippen molar-refractivity contribution in [3.63, 3.8) is 0 Å². The van der Waals surface area contributed by atoms with Crippen molar-refractivity contribution in [3.8, 4) is 5.69 Å². The highest BCUT2D eigenvalue weighted by Crippen LogP contribution is 2.32. The van der Waals surface area contributed by atoms with E-state index < -0.39 is 0 Å². The summed E-state index contributed by atoms with van der Waals surface area (Å²) < 4.78 is 26.5. The third-order valence-corrected chi connectivity index (χ3v) is 4.92. The van der Waals surface area contributed by atoms with Crippen LogP contribution in [0.4, 0.5) is 4.39 Å². The lowest BCUT2D eigenvalue weighted by molar-refractivity contribution is -0.0895. The first kappa shape index (κ1) is 15.7. The van der Waals surface area contributed by atoms with Crippen LogP contribution in [0, 0.1) is 5.82 Å². The fraction of sp³-hybridized carbons (Fsp3) is 0.500. The smallest absolute Gasteiger partial charge is 0.123 e. The maximum atomic E-state index is 13.1. The Labute approximate surface area is 140 Å². The molecule has 1 aromatic heterocycles. The van der Waals surface area contributed by atoms with Gasteiger partial charge < -0.3 is 14.8 Å². The summed E-state index contributed by atoms with van der Waals surface area (Å²) in [7, 11) is 0. The van der Waals surface area contributed by atoms with Crippen LogP contribution < -0.4 is 5.32 Å². The molecule has 1 spiro atoms. The average Bonchev–Trinajstić information content (AvgIpc) is 3.24. The summed E-state index contributed by atoms with van der Waals surface area (Å²) in [6, 6.07) is 8.80. The van der Waals surface area contributed by atoms with E-state index in [9.17, 15) is 4.39 Å². The molecular weight excluding hydrogens is 309 g/mol.